The fraction of sp³-hybridized carbons (Fsp3) is 0.471. The summed E-state index contributed by atoms with van der Waals surface area (Å²) in [5, 5.41) is 0. The van der Waals surface area contributed by atoms with Crippen molar-refractivity contribution in [2.75, 3.05) is 44.2 Å². The highest BCUT2D eigenvalue weighted by molar-refractivity contribution is 6.20. The molecule has 2 saturated heterocycles. The fourth-order valence-corrected chi connectivity index (χ4v) is 3.17. The maximum Gasteiger partial charge on any atom is 0.409 e. The molecule has 1 aromatic rings. The van der Waals surface area contributed by atoms with Gasteiger partial charge in [-0.3, -0.25) is 14.5 Å². The van der Waals surface area contributed by atoms with Gasteiger partial charge in [0.1, 0.15) is 0 Å². The Morgan fingerprint density at radius 1 is 1.12 bits per heavy atom. The van der Waals surface area contributed by atoms with Crippen LogP contribution in [0, 0.1) is 0 Å². The minimum Gasteiger partial charge on any atom is -0.450 e. The first kappa shape index (κ1) is 16.4. The van der Waals surface area contributed by atoms with E-state index in [2.05, 4.69) is 0 Å². The largest absolute Gasteiger partial charge is 0.450 e. The van der Waals surface area contributed by atoms with Crippen molar-refractivity contribution in [3.63, 3.8) is 0 Å². The van der Waals surface area contributed by atoms with Crippen molar-refractivity contribution in [1.82, 2.24) is 9.80 Å². The molecule has 0 aliphatic carbocycles. The summed E-state index contributed by atoms with van der Waals surface area (Å²) in [5.41, 5.74) is 0.739. The van der Waals surface area contributed by atoms with Crippen LogP contribution in [-0.4, -0.2) is 73.0 Å². The third-order valence-electron chi connectivity index (χ3n) is 4.39. The van der Waals surface area contributed by atoms with Crippen LogP contribution in [0.15, 0.2) is 30.3 Å². The van der Waals surface area contributed by atoms with Gasteiger partial charge in [-0.15, -0.1) is 0 Å². The standard InChI is InChI=1S/C17H21N3O4/c1-2-24-17(23)19-10-8-18(9-11-19)15-14(21)12-20(16(15)22)13-6-4-3-5-7-13/h3-7,15H,2,8-12H2,1H3. The molecule has 2 amide bonds. The molecule has 0 saturated carbocycles. The molecule has 1 atom stereocenters. The van der Waals surface area contributed by atoms with Gasteiger partial charge in [-0.1, -0.05) is 18.2 Å². The number of rotatable bonds is 3. The van der Waals surface area contributed by atoms with E-state index in [0.29, 0.717) is 32.8 Å². The molecule has 0 bridgehead atoms. The van der Waals surface area contributed by atoms with Crippen molar-refractivity contribution < 1.29 is 19.1 Å². The summed E-state index contributed by atoms with van der Waals surface area (Å²) in [6.07, 6.45) is -0.341. The minimum absolute atomic E-state index is 0.0894. The Balaban J connectivity index is 1.65. The number of benzene rings is 1. The molecule has 1 unspecified atom stereocenters. The number of carbonyl (C=O) groups is 3. The van der Waals surface area contributed by atoms with Gasteiger partial charge in [-0.25, -0.2) is 4.79 Å². The molecule has 2 fully saturated rings. The van der Waals surface area contributed by atoms with Crippen LogP contribution in [0.4, 0.5) is 10.5 Å². The average molecular weight is 331 g/mol. The van der Waals surface area contributed by atoms with Gasteiger partial charge in [0.15, 0.2) is 11.8 Å². The highest BCUT2D eigenvalue weighted by atomic mass is 16.6. The van der Waals surface area contributed by atoms with Crippen LogP contribution in [0.25, 0.3) is 0 Å². The van der Waals surface area contributed by atoms with Gasteiger partial charge >= 0.3 is 6.09 Å². The molecule has 1 aromatic carbocycles. The van der Waals surface area contributed by atoms with E-state index in [4.69, 9.17) is 4.74 Å². The zero-order chi connectivity index (χ0) is 17.1. The molecule has 24 heavy (non-hydrogen) atoms. The van der Waals surface area contributed by atoms with Gasteiger partial charge in [0.05, 0.1) is 13.2 Å². The number of nitrogens with zero attached hydrogens (tertiary/aromatic N) is 3. The molecular formula is C17H21N3O4. The summed E-state index contributed by atoms with van der Waals surface area (Å²) in [6.45, 7) is 4.11. The normalized spacial score (nSPS) is 22.1. The van der Waals surface area contributed by atoms with Gasteiger partial charge in [0.25, 0.3) is 5.91 Å². The van der Waals surface area contributed by atoms with Crippen molar-refractivity contribution in [2.24, 2.45) is 0 Å². The maximum atomic E-state index is 12.7. The van der Waals surface area contributed by atoms with Crippen LogP contribution < -0.4 is 4.90 Å². The monoisotopic (exact) mass is 331 g/mol. The second kappa shape index (κ2) is 7.00. The van der Waals surface area contributed by atoms with Crippen molar-refractivity contribution in [1.29, 1.82) is 0 Å². The summed E-state index contributed by atoms with van der Waals surface area (Å²) in [6, 6.07) is 8.47. The van der Waals surface area contributed by atoms with Gasteiger partial charge in [-0.05, 0) is 19.1 Å². The number of amides is 2. The maximum absolute atomic E-state index is 12.7. The number of para-hydroxylation sites is 1. The molecule has 0 spiro atoms. The number of Topliss-reactive ketones (excluding diaryl/α,β-unsaturated/α-hetero) is 1. The highest BCUT2D eigenvalue weighted by Gasteiger charge is 2.44. The first-order valence-electron chi connectivity index (χ1n) is 8.16. The number of ketones is 1. The Bertz CT molecular complexity index is 626. The number of hydrogen-bond donors (Lipinski definition) is 0. The predicted molar refractivity (Wildman–Crippen MR) is 87.8 cm³/mol. The van der Waals surface area contributed by atoms with E-state index in [0.717, 1.165) is 5.69 Å². The zero-order valence-corrected chi connectivity index (χ0v) is 13.7. The molecule has 2 aliphatic heterocycles. The Morgan fingerprint density at radius 2 is 1.79 bits per heavy atom. The number of carbonyl (C=O) groups excluding carboxylic acids is 3. The summed E-state index contributed by atoms with van der Waals surface area (Å²) in [5.74, 6) is -0.274. The predicted octanol–water partition coefficient (Wildman–Crippen LogP) is 0.745. The van der Waals surface area contributed by atoms with Gasteiger partial charge in [0.2, 0.25) is 0 Å². The summed E-state index contributed by atoms with van der Waals surface area (Å²) < 4.78 is 4.99. The van der Waals surface area contributed by atoms with Crippen molar-refractivity contribution in [2.45, 2.75) is 13.0 Å². The number of anilines is 1. The lowest BCUT2D eigenvalue weighted by atomic mass is 10.1. The van der Waals surface area contributed by atoms with Gasteiger partial charge in [-0.2, -0.15) is 0 Å². The lowest BCUT2D eigenvalue weighted by Gasteiger charge is -2.35. The van der Waals surface area contributed by atoms with E-state index in [1.165, 1.54) is 4.90 Å². The molecule has 0 N–H and O–H groups in total. The molecule has 0 aromatic heterocycles. The molecular weight excluding hydrogens is 310 g/mol. The second-order valence-corrected chi connectivity index (χ2v) is 5.85. The fourth-order valence-electron chi connectivity index (χ4n) is 3.17. The Hall–Kier alpha value is -2.41. The van der Waals surface area contributed by atoms with E-state index in [1.54, 1.807) is 11.8 Å². The summed E-state index contributed by atoms with van der Waals surface area (Å²) >= 11 is 0. The quantitative estimate of drug-likeness (QED) is 0.764. The topological polar surface area (TPSA) is 70.2 Å². The first-order valence-corrected chi connectivity index (χ1v) is 8.16. The van der Waals surface area contributed by atoms with Crippen LogP contribution in [-0.2, 0) is 14.3 Å². The van der Waals surface area contributed by atoms with Crippen molar-refractivity contribution >= 4 is 23.5 Å². The van der Waals surface area contributed by atoms with Crippen LogP contribution >= 0.6 is 0 Å². The van der Waals surface area contributed by atoms with Crippen LogP contribution in [0.3, 0.4) is 0 Å². The third kappa shape index (κ3) is 3.12. The van der Waals surface area contributed by atoms with Crippen molar-refractivity contribution in [3.8, 4) is 0 Å². The second-order valence-electron chi connectivity index (χ2n) is 5.85. The average Bonchev–Trinajstić information content (AvgIpc) is 2.90. The Morgan fingerprint density at radius 3 is 2.42 bits per heavy atom. The molecule has 128 valence electrons. The highest BCUT2D eigenvalue weighted by Crippen LogP contribution is 2.23. The van der Waals surface area contributed by atoms with Crippen LogP contribution in [0.1, 0.15) is 6.92 Å². The van der Waals surface area contributed by atoms with Gasteiger partial charge in [0, 0.05) is 31.9 Å². The summed E-state index contributed by atoms with van der Waals surface area (Å²) in [7, 11) is 0. The van der Waals surface area contributed by atoms with E-state index in [1.807, 2.05) is 35.2 Å². The zero-order valence-electron chi connectivity index (χ0n) is 13.7. The first-order chi connectivity index (χ1) is 11.6. The van der Waals surface area contributed by atoms with E-state index in [9.17, 15) is 14.4 Å². The number of ether oxygens (including phenoxy) is 1. The van der Waals surface area contributed by atoms with Crippen LogP contribution in [0.5, 0.6) is 0 Å². The number of piperazine rings is 1. The molecule has 7 nitrogen and oxygen atoms in total. The Kier molecular flexibility index (Phi) is 4.80. The number of hydrogen-bond acceptors (Lipinski definition) is 5. The SMILES string of the molecule is CCOC(=O)N1CCN(C2C(=O)CN(c3ccccc3)C2=O)CC1. The van der Waals surface area contributed by atoms with Gasteiger partial charge < -0.3 is 14.5 Å². The van der Waals surface area contributed by atoms with E-state index < -0.39 is 6.04 Å². The lowest BCUT2D eigenvalue weighted by Crippen LogP contribution is -2.55. The summed E-state index contributed by atoms with van der Waals surface area (Å²) in [4.78, 5) is 41.8. The third-order valence-corrected chi connectivity index (χ3v) is 4.39. The van der Waals surface area contributed by atoms with E-state index >= 15 is 0 Å². The smallest absolute Gasteiger partial charge is 0.409 e. The molecule has 3 rings (SSSR count). The van der Waals surface area contributed by atoms with Crippen molar-refractivity contribution in [3.05, 3.63) is 30.3 Å². The lowest BCUT2D eigenvalue weighted by molar-refractivity contribution is -0.129. The minimum atomic E-state index is -0.741. The molecule has 0 radical (unpaired) electrons. The molecule has 2 heterocycles. The molecule has 7 heteroatoms. The molecule has 2 aliphatic rings. The van der Waals surface area contributed by atoms with E-state index in [-0.39, 0.29) is 24.3 Å². The Labute approximate surface area is 140 Å². The van der Waals surface area contributed by atoms with Crippen LogP contribution in [0.2, 0.25) is 0 Å².